The zero-order valence-electron chi connectivity index (χ0n) is 11.2. The molecule has 0 aliphatic heterocycles. The highest BCUT2D eigenvalue weighted by molar-refractivity contribution is 5.39. The first kappa shape index (κ1) is 15.5. The first-order chi connectivity index (χ1) is 9.84. The average molecular weight is 298 g/mol. The fraction of sp³-hybridized carbons (Fsp3) is 0.200. The molecule has 2 aromatic carbocycles. The molecule has 21 heavy (non-hydrogen) atoms. The number of rotatable bonds is 3. The van der Waals surface area contributed by atoms with Crippen LogP contribution in [0.5, 0.6) is 0 Å². The number of aryl methyl sites for hydroxylation is 1. The highest BCUT2D eigenvalue weighted by Crippen LogP contribution is 2.33. The molecule has 0 aliphatic carbocycles. The lowest BCUT2D eigenvalue weighted by Crippen LogP contribution is -2.30. The Kier molecular flexibility index (Phi) is 4.29. The van der Waals surface area contributed by atoms with Gasteiger partial charge in [0.2, 0.25) is 0 Å². The van der Waals surface area contributed by atoms with Gasteiger partial charge in [0.05, 0.1) is 11.6 Å². The molecule has 0 radical (unpaired) electrons. The van der Waals surface area contributed by atoms with E-state index in [2.05, 4.69) is 5.43 Å². The van der Waals surface area contributed by atoms with Gasteiger partial charge in [-0.3, -0.25) is 5.84 Å². The Labute approximate surface area is 119 Å². The number of hydrazine groups is 1. The normalized spacial score (nSPS) is 13.2. The lowest BCUT2D eigenvalue weighted by atomic mass is 9.94. The van der Waals surface area contributed by atoms with Gasteiger partial charge in [0.15, 0.2) is 0 Å². The molecule has 0 spiro atoms. The van der Waals surface area contributed by atoms with Crippen molar-refractivity contribution in [1.82, 2.24) is 5.43 Å². The number of halogens is 4. The van der Waals surface area contributed by atoms with Gasteiger partial charge < -0.3 is 0 Å². The Morgan fingerprint density at radius 1 is 1.05 bits per heavy atom. The maximum absolute atomic E-state index is 13.9. The van der Waals surface area contributed by atoms with E-state index in [1.807, 2.05) is 0 Å². The van der Waals surface area contributed by atoms with E-state index in [9.17, 15) is 17.6 Å². The van der Waals surface area contributed by atoms with Gasteiger partial charge in [-0.2, -0.15) is 13.2 Å². The standard InChI is InChI=1S/C15H14F4N2/c1-9-4-2-3-5-11(9)14(21-20)12-8-10(15(17,18)19)6-7-13(12)16/h2-8,14,21H,20H2,1H3. The minimum atomic E-state index is -4.53. The number of hydrogen-bond donors (Lipinski definition) is 2. The predicted molar refractivity (Wildman–Crippen MR) is 71.7 cm³/mol. The lowest BCUT2D eigenvalue weighted by molar-refractivity contribution is -0.137. The quantitative estimate of drug-likeness (QED) is 0.515. The molecule has 1 atom stereocenters. The molecule has 0 aliphatic rings. The summed E-state index contributed by atoms with van der Waals surface area (Å²) in [4.78, 5) is 0. The van der Waals surface area contributed by atoms with Crippen molar-refractivity contribution in [2.75, 3.05) is 0 Å². The number of nitrogens with two attached hydrogens (primary N) is 1. The second kappa shape index (κ2) is 5.83. The van der Waals surface area contributed by atoms with Crippen LogP contribution in [0.1, 0.15) is 28.3 Å². The van der Waals surface area contributed by atoms with Gasteiger partial charge in [-0.15, -0.1) is 0 Å². The highest BCUT2D eigenvalue weighted by Gasteiger charge is 2.32. The van der Waals surface area contributed by atoms with Crippen molar-refractivity contribution in [2.24, 2.45) is 5.84 Å². The molecule has 0 amide bonds. The third-order valence-electron chi connectivity index (χ3n) is 3.30. The summed E-state index contributed by atoms with van der Waals surface area (Å²) in [5.41, 5.74) is 2.77. The van der Waals surface area contributed by atoms with E-state index in [1.54, 1.807) is 31.2 Å². The molecule has 2 aromatic rings. The third kappa shape index (κ3) is 3.22. The maximum Gasteiger partial charge on any atom is 0.416 e. The zero-order chi connectivity index (χ0) is 15.6. The Hall–Kier alpha value is -1.92. The summed E-state index contributed by atoms with van der Waals surface area (Å²) in [5.74, 6) is 4.69. The van der Waals surface area contributed by atoms with Crippen molar-refractivity contribution in [3.05, 3.63) is 70.5 Å². The molecule has 0 heterocycles. The van der Waals surface area contributed by atoms with Crippen molar-refractivity contribution in [3.8, 4) is 0 Å². The van der Waals surface area contributed by atoms with Crippen LogP contribution in [0.3, 0.4) is 0 Å². The van der Waals surface area contributed by atoms with Crippen LogP contribution in [-0.4, -0.2) is 0 Å². The predicted octanol–water partition coefficient (Wildman–Crippen LogP) is 3.71. The van der Waals surface area contributed by atoms with Gasteiger partial charge in [0, 0.05) is 5.56 Å². The van der Waals surface area contributed by atoms with Crippen LogP contribution in [-0.2, 0) is 6.18 Å². The summed E-state index contributed by atoms with van der Waals surface area (Å²) in [6.45, 7) is 1.78. The Bertz CT molecular complexity index is 638. The average Bonchev–Trinajstić information content (AvgIpc) is 2.42. The summed E-state index contributed by atoms with van der Waals surface area (Å²) in [6.07, 6.45) is -4.53. The fourth-order valence-electron chi connectivity index (χ4n) is 2.20. The molecule has 0 fully saturated rings. The third-order valence-corrected chi connectivity index (χ3v) is 3.30. The fourth-order valence-corrected chi connectivity index (χ4v) is 2.20. The SMILES string of the molecule is Cc1ccccc1C(NN)c1cc(C(F)(F)F)ccc1F. The second-order valence-corrected chi connectivity index (χ2v) is 4.69. The summed E-state index contributed by atoms with van der Waals surface area (Å²) in [5, 5.41) is 0. The highest BCUT2D eigenvalue weighted by atomic mass is 19.4. The van der Waals surface area contributed by atoms with Crippen LogP contribution >= 0.6 is 0 Å². The van der Waals surface area contributed by atoms with Crippen LogP contribution < -0.4 is 11.3 Å². The van der Waals surface area contributed by atoms with Gasteiger partial charge >= 0.3 is 6.18 Å². The van der Waals surface area contributed by atoms with Crippen LogP contribution in [0, 0.1) is 12.7 Å². The van der Waals surface area contributed by atoms with E-state index in [0.717, 1.165) is 17.7 Å². The molecular formula is C15H14F4N2. The van der Waals surface area contributed by atoms with E-state index in [-0.39, 0.29) is 5.56 Å². The molecule has 0 bridgehead atoms. The van der Waals surface area contributed by atoms with Crippen molar-refractivity contribution in [2.45, 2.75) is 19.1 Å². The van der Waals surface area contributed by atoms with E-state index in [0.29, 0.717) is 11.6 Å². The Morgan fingerprint density at radius 3 is 2.29 bits per heavy atom. The molecule has 1 unspecified atom stereocenters. The van der Waals surface area contributed by atoms with Crippen molar-refractivity contribution in [1.29, 1.82) is 0 Å². The molecular weight excluding hydrogens is 284 g/mol. The molecule has 2 rings (SSSR count). The Balaban J connectivity index is 2.55. The van der Waals surface area contributed by atoms with Gasteiger partial charge in [-0.25, -0.2) is 9.82 Å². The van der Waals surface area contributed by atoms with Gasteiger partial charge in [0.1, 0.15) is 5.82 Å². The molecule has 0 saturated carbocycles. The van der Waals surface area contributed by atoms with Crippen LogP contribution in [0.4, 0.5) is 17.6 Å². The molecule has 6 heteroatoms. The number of alkyl halides is 3. The second-order valence-electron chi connectivity index (χ2n) is 4.69. The van der Waals surface area contributed by atoms with E-state index in [1.165, 1.54) is 0 Å². The van der Waals surface area contributed by atoms with Crippen LogP contribution in [0.15, 0.2) is 42.5 Å². The zero-order valence-corrected chi connectivity index (χ0v) is 11.2. The van der Waals surface area contributed by atoms with Crippen LogP contribution in [0.25, 0.3) is 0 Å². The topological polar surface area (TPSA) is 38.0 Å². The lowest BCUT2D eigenvalue weighted by Gasteiger charge is -2.20. The summed E-state index contributed by atoms with van der Waals surface area (Å²) >= 11 is 0. The summed E-state index contributed by atoms with van der Waals surface area (Å²) in [6, 6.07) is 8.43. The number of benzene rings is 2. The molecule has 2 nitrogen and oxygen atoms in total. The summed E-state index contributed by atoms with van der Waals surface area (Å²) in [7, 11) is 0. The first-order valence-corrected chi connectivity index (χ1v) is 6.23. The van der Waals surface area contributed by atoms with E-state index < -0.39 is 23.6 Å². The molecule has 0 aromatic heterocycles. The molecule has 112 valence electrons. The monoisotopic (exact) mass is 298 g/mol. The van der Waals surface area contributed by atoms with Gasteiger partial charge in [0.25, 0.3) is 0 Å². The van der Waals surface area contributed by atoms with E-state index >= 15 is 0 Å². The van der Waals surface area contributed by atoms with Crippen LogP contribution in [0.2, 0.25) is 0 Å². The van der Waals surface area contributed by atoms with Gasteiger partial charge in [-0.05, 0) is 36.2 Å². The van der Waals surface area contributed by atoms with Crippen molar-refractivity contribution in [3.63, 3.8) is 0 Å². The Morgan fingerprint density at radius 2 is 1.71 bits per heavy atom. The first-order valence-electron chi connectivity index (χ1n) is 6.23. The van der Waals surface area contributed by atoms with E-state index in [4.69, 9.17) is 5.84 Å². The van der Waals surface area contributed by atoms with Gasteiger partial charge in [-0.1, -0.05) is 24.3 Å². The largest absolute Gasteiger partial charge is 0.416 e. The molecule has 0 saturated heterocycles. The molecule has 3 N–H and O–H groups in total. The summed E-state index contributed by atoms with van der Waals surface area (Å²) < 4.78 is 52.3. The minimum Gasteiger partial charge on any atom is -0.271 e. The number of hydrogen-bond acceptors (Lipinski definition) is 2. The number of nitrogens with one attached hydrogen (secondary N) is 1. The smallest absolute Gasteiger partial charge is 0.271 e. The van der Waals surface area contributed by atoms with Crippen molar-refractivity contribution >= 4 is 0 Å². The minimum absolute atomic E-state index is 0.137. The maximum atomic E-state index is 13.9. The van der Waals surface area contributed by atoms with Crippen molar-refractivity contribution < 1.29 is 17.6 Å².